The lowest BCUT2D eigenvalue weighted by atomic mass is 10.0. The first-order valence-corrected chi connectivity index (χ1v) is 8.49. The summed E-state index contributed by atoms with van der Waals surface area (Å²) in [6.45, 7) is 5.47. The van der Waals surface area contributed by atoms with E-state index in [1.54, 1.807) is 7.05 Å². The number of piperidine rings is 1. The maximum atomic E-state index is 12.2. The van der Waals surface area contributed by atoms with Crippen molar-refractivity contribution in [3.63, 3.8) is 0 Å². The molecule has 1 rings (SSSR count). The summed E-state index contributed by atoms with van der Waals surface area (Å²) in [5.41, 5.74) is 0. The highest BCUT2D eigenvalue weighted by Gasteiger charge is 2.29. The van der Waals surface area contributed by atoms with E-state index in [0.29, 0.717) is 6.54 Å². The molecule has 0 spiro atoms. The maximum absolute atomic E-state index is 12.2. The van der Waals surface area contributed by atoms with Crippen LogP contribution in [-0.2, 0) is 10.2 Å². The fourth-order valence-corrected chi connectivity index (χ4v) is 3.54. The minimum absolute atomic E-state index is 0.254. The Morgan fingerprint density at radius 2 is 1.84 bits per heavy atom. The first-order chi connectivity index (χ1) is 8.88. The van der Waals surface area contributed by atoms with Gasteiger partial charge in [-0.05, 0) is 46.7 Å². The van der Waals surface area contributed by atoms with E-state index >= 15 is 0 Å². The van der Waals surface area contributed by atoms with E-state index in [1.807, 2.05) is 12.1 Å². The molecule has 0 amide bonds. The normalized spacial score (nSPS) is 25.9. The van der Waals surface area contributed by atoms with Gasteiger partial charge in [-0.25, -0.2) is 5.01 Å². The van der Waals surface area contributed by atoms with Crippen LogP contribution in [0.4, 0.5) is 0 Å². The maximum Gasteiger partial charge on any atom is 0.292 e. The van der Waals surface area contributed by atoms with E-state index in [9.17, 15) is 8.42 Å². The Balaban J connectivity index is 2.57. The highest BCUT2D eigenvalue weighted by Crippen LogP contribution is 2.21. The molecule has 0 bridgehead atoms. The molecule has 114 valence electrons. The van der Waals surface area contributed by atoms with E-state index in [4.69, 9.17) is 0 Å². The van der Waals surface area contributed by atoms with Crippen molar-refractivity contribution in [2.45, 2.75) is 51.6 Å². The van der Waals surface area contributed by atoms with Crippen LogP contribution in [0.5, 0.6) is 0 Å². The van der Waals surface area contributed by atoms with Gasteiger partial charge in [-0.1, -0.05) is 6.42 Å². The molecule has 6 nitrogen and oxygen atoms in total. The third kappa shape index (κ3) is 5.00. The number of hydrogen-bond acceptors (Lipinski definition) is 4. The van der Waals surface area contributed by atoms with Crippen molar-refractivity contribution in [3.8, 4) is 0 Å². The fourth-order valence-electron chi connectivity index (χ4n) is 2.40. The first-order valence-electron chi connectivity index (χ1n) is 7.05. The highest BCUT2D eigenvalue weighted by atomic mass is 32.2. The lowest BCUT2D eigenvalue weighted by molar-refractivity contribution is 0.0765. The zero-order valence-corrected chi connectivity index (χ0v) is 13.3. The molecule has 7 heteroatoms. The van der Waals surface area contributed by atoms with E-state index in [0.717, 1.165) is 25.8 Å². The van der Waals surface area contributed by atoms with Gasteiger partial charge in [-0.15, -0.1) is 4.83 Å². The predicted octanol–water partition coefficient (Wildman–Crippen LogP) is 0.540. The van der Waals surface area contributed by atoms with Crippen LogP contribution in [0.2, 0.25) is 0 Å². The van der Waals surface area contributed by atoms with Crippen molar-refractivity contribution in [1.82, 2.24) is 19.5 Å². The molecule has 0 aromatic rings. The molecular weight excluding hydrogens is 264 g/mol. The summed E-state index contributed by atoms with van der Waals surface area (Å²) in [7, 11) is 0.0625. The van der Waals surface area contributed by atoms with E-state index < -0.39 is 10.2 Å². The smallest absolute Gasteiger partial charge is 0.292 e. The fraction of sp³-hybridized carbons (Fsp3) is 1.00. The Labute approximate surface area is 117 Å². The van der Waals surface area contributed by atoms with Crippen molar-refractivity contribution in [3.05, 3.63) is 0 Å². The lowest BCUT2D eigenvalue weighted by Gasteiger charge is -2.39. The second kappa shape index (κ2) is 7.54. The molecule has 2 N–H and O–H groups in total. The minimum atomic E-state index is -3.42. The Kier molecular flexibility index (Phi) is 6.68. The first kappa shape index (κ1) is 16.8. The van der Waals surface area contributed by atoms with Crippen molar-refractivity contribution in [1.29, 1.82) is 0 Å². The quantitative estimate of drug-likeness (QED) is 0.672. The van der Waals surface area contributed by atoms with Crippen LogP contribution in [0.15, 0.2) is 0 Å². The zero-order valence-electron chi connectivity index (χ0n) is 12.5. The molecular formula is C12H28N4O2S. The van der Waals surface area contributed by atoms with Crippen LogP contribution in [0.1, 0.15) is 39.5 Å². The Bertz CT molecular complexity index is 351. The summed E-state index contributed by atoms with van der Waals surface area (Å²) in [4.78, 5) is 2.73. The SMILES string of the molecule is CNCCCN(C)S(=O)(=O)NN1C(C)CCCC1C. The summed E-state index contributed by atoms with van der Waals surface area (Å²) in [5, 5.41) is 4.90. The molecule has 0 aliphatic carbocycles. The van der Waals surface area contributed by atoms with Crippen molar-refractivity contribution in [2.24, 2.45) is 0 Å². The van der Waals surface area contributed by atoms with Gasteiger partial charge >= 0.3 is 0 Å². The molecule has 2 atom stereocenters. The Morgan fingerprint density at radius 1 is 1.26 bits per heavy atom. The second-order valence-electron chi connectivity index (χ2n) is 5.41. The Morgan fingerprint density at radius 3 is 2.37 bits per heavy atom. The van der Waals surface area contributed by atoms with E-state index in [1.165, 1.54) is 10.7 Å². The van der Waals surface area contributed by atoms with Gasteiger partial charge in [0, 0.05) is 25.7 Å². The van der Waals surface area contributed by atoms with Gasteiger partial charge in [0.05, 0.1) is 0 Å². The van der Waals surface area contributed by atoms with Gasteiger partial charge in [0.2, 0.25) is 0 Å². The molecule has 0 aromatic heterocycles. The number of nitrogens with zero attached hydrogens (tertiary/aromatic N) is 2. The van der Waals surface area contributed by atoms with Crippen molar-refractivity contribution >= 4 is 10.2 Å². The third-order valence-electron chi connectivity index (χ3n) is 3.72. The molecule has 0 aromatic carbocycles. The molecule has 1 heterocycles. The summed E-state index contributed by atoms with van der Waals surface area (Å²) >= 11 is 0. The molecule has 1 aliphatic rings. The lowest BCUT2D eigenvalue weighted by Crippen LogP contribution is -2.56. The van der Waals surface area contributed by atoms with Gasteiger partial charge in [0.15, 0.2) is 0 Å². The number of nitrogens with one attached hydrogen (secondary N) is 2. The predicted molar refractivity (Wildman–Crippen MR) is 77.8 cm³/mol. The Hall–Kier alpha value is -0.210. The van der Waals surface area contributed by atoms with Crippen molar-refractivity contribution in [2.75, 3.05) is 27.2 Å². The molecule has 1 fully saturated rings. The largest absolute Gasteiger partial charge is 0.320 e. The second-order valence-corrected chi connectivity index (χ2v) is 7.17. The van der Waals surface area contributed by atoms with Crippen LogP contribution in [-0.4, -0.2) is 57.0 Å². The molecule has 2 unspecified atom stereocenters. The van der Waals surface area contributed by atoms with Gasteiger partial charge in [0.25, 0.3) is 10.2 Å². The monoisotopic (exact) mass is 292 g/mol. The van der Waals surface area contributed by atoms with Crippen LogP contribution < -0.4 is 10.1 Å². The van der Waals surface area contributed by atoms with Crippen LogP contribution in [0, 0.1) is 0 Å². The van der Waals surface area contributed by atoms with E-state index in [-0.39, 0.29) is 12.1 Å². The molecule has 1 saturated heterocycles. The summed E-state index contributed by atoms with van der Waals surface area (Å²) in [6.07, 6.45) is 4.05. The summed E-state index contributed by atoms with van der Waals surface area (Å²) in [6, 6.07) is 0.508. The van der Waals surface area contributed by atoms with Gasteiger partial charge in [-0.3, -0.25) is 0 Å². The van der Waals surface area contributed by atoms with E-state index in [2.05, 4.69) is 24.0 Å². The molecule has 1 aliphatic heterocycles. The average Bonchev–Trinajstić information content (AvgIpc) is 2.34. The van der Waals surface area contributed by atoms with Gasteiger partial charge in [-0.2, -0.15) is 12.7 Å². The van der Waals surface area contributed by atoms with Crippen LogP contribution >= 0.6 is 0 Å². The topological polar surface area (TPSA) is 64.7 Å². The third-order valence-corrected chi connectivity index (χ3v) is 5.17. The number of rotatable bonds is 7. The van der Waals surface area contributed by atoms with Crippen LogP contribution in [0.25, 0.3) is 0 Å². The van der Waals surface area contributed by atoms with Crippen LogP contribution in [0.3, 0.4) is 0 Å². The molecule has 19 heavy (non-hydrogen) atoms. The van der Waals surface area contributed by atoms with Gasteiger partial charge < -0.3 is 5.32 Å². The standard InChI is InChI=1S/C12H28N4O2S/c1-11-7-5-8-12(2)16(11)14-19(17,18)15(4)10-6-9-13-3/h11-14H,5-10H2,1-4H3. The molecule has 0 radical (unpaired) electrons. The highest BCUT2D eigenvalue weighted by molar-refractivity contribution is 7.87. The summed E-state index contributed by atoms with van der Waals surface area (Å²) < 4.78 is 25.9. The number of hydrogen-bond donors (Lipinski definition) is 2. The molecule has 0 saturated carbocycles. The average molecular weight is 292 g/mol. The number of hydrazine groups is 1. The van der Waals surface area contributed by atoms with Crippen molar-refractivity contribution < 1.29 is 8.42 Å². The minimum Gasteiger partial charge on any atom is -0.320 e. The zero-order chi connectivity index (χ0) is 14.5. The van der Waals surface area contributed by atoms with Gasteiger partial charge in [0.1, 0.15) is 0 Å². The summed E-state index contributed by atoms with van der Waals surface area (Å²) in [5.74, 6) is 0.